The maximum absolute atomic E-state index is 10.6. The molecule has 0 aliphatic carbocycles. The van der Waals surface area contributed by atoms with Gasteiger partial charge in [-0.1, -0.05) is 103 Å². The second-order valence-corrected chi connectivity index (χ2v) is 8.70. The number of carboxylic acids is 3. The first-order chi connectivity index (χ1) is 16.3. The van der Waals surface area contributed by atoms with E-state index in [2.05, 4.69) is 6.92 Å². The fourth-order valence-corrected chi connectivity index (χ4v) is 3.70. The lowest BCUT2D eigenvalue weighted by atomic mass is 10.0. The van der Waals surface area contributed by atoms with Crippen molar-refractivity contribution in [2.24, 2.45) is 0 Å². The minimum absolute atomic E-state index is 0.266. The van der Waals surface area contributed by atoms with Gasteiger partial charge in [-0.25, -0.2) is 14.4 Å². The summed E-state index contributed by atoms with van der Waals surface area (Å²) in [5.41, 5.74) is -1.24. The van der Waals surface area contributed by atoms with E-state index >= 15 is 0 Å². The van der Waals surface area contributed by atoms with Gasteiger partial charge in [0.15, 0.2) is 0 Å². The summed E-state index contributed by atoms with van der Waals surface area (Å²) in [4.78, 5) is 31.8. The van der Waals surface area contributed by atoms with Crippen LogP contribution in [0.1, 0.15) is 141 Å². The molecule has 0 bridgehead atoms. The van der Waals surface area contributed by atoms with Crippen LogP contribution >= 0.6 is 0 Å². The largest absolute Gasteiger partial charge is 0.478 e. The third kappa shape index (κ3) is 16.2. The number of aliphatic hydroxyl groups excluding tert-OH is 1. The number of aliphatic hydroxyl groups is 1. The van der Waals surface area contributed by atoms with E-state index in [-0.39, 0.29) is 5.56 Å². The Morgan fingerprint density at radius 3 is 1.26 bits per heavy atom. The van der Waals surface area contributed by atoms with Gasteiger partial charge >= 0.3 is 17.9 Å². The highest BCUT2D eigenvalue weighted by atomic mass is 16.4. The normalized spacial score (nSPS) is 10.4. The zero-order chi connectivity index (χ0) is 25.6. The van der Waals surface area contributed by atoms with Crippen molar-refractivity contribution in [2.75, 3.05) is 6.61 Å². The van der Waals surface area contributed by atoms with Crippen LogP contribution in [-0.4, -0.2) is 44.9 Å². The van der Waals surface area contributed by atoms with Crippen molar-refractivity contribution < 1.29 is 34.8 Å². The summed E-state index contributed by atoms with van der Waals surface area (Å²) in [6.07, 6.45) is 22.2. The van der Waals surface area contributed by atoms with Crippen LogP contribution in [0.5, 0.6) is 0 Å². The zero-order valence-electron chi connectivity index (χ0n) is 20.8. The average Bonchev–Trinajstić information content (AvgIpc) is 2.81. The zero-order valence-corrected chi connectivity index (χ0v) is 20.8. The highest BCUT2D eigenvalue weighted by molar-refractivity contribution is 6.03. The van der Waals surface area contributed by atoms with Gasteiger partial charge < -0.3 is 20.4 Å². The minimum atomic E-state index is -1.48. The van der Waals surface area contributed by atoms with Gasteiger partial charge in [0, 0.05) is 6.61 Å². The van der Waals surface area contributed by atoms with Gasteiger partial charge in [0.05, 0.1) is 16.7 Å². The summed E-state index contributed by atoms with van der Waals surface area (Å²) in [6.45, 7) is 2.66. The van der Waals surface area contributed by atoms with E-state index in [9.17, 15) is 14.4 Å². The van der Waals surface area contributed by atoms with E-state index in [1.807, 2.05) is 0 Å². The number of benzene rings is 1. The van der Waals surface area contributed by atoms with E-state index in [1.54, 1.807) is 0 Å². The summed E-state index contributed by atoms with van der Waals surface area (Å²) < 4.78 is 0. The van der Waals surface area contributed by atoms with Crippen molar-refractivity contribution in [3.63, 3.8) is 0 Å². The van der Waals surface area contributed by atoms with Crippen LogP contribution in [0.3, 0.4) is 0 Å². The average molecular weight is 481 g/mol. The molecule has 0 aromatic heterocycles. The van der Waals surface area contributed by atoms with E-state index in [0.29, 0.717) is 6.61 Å². The van der Waals surface area contributed by atoms with Crippen molar-refractivity contribution in [1.29, 1.82) is 0 Å². The van der Waals surface area contributed by atoms with Gasteiger partial charge in [0.1, 0.15) is 0 Å². The maximum atomic E-state index is 10.6. The number of hydrogen-bond donors (Lipinski definition) is 4. The summed E-state index contributed by atoms with van der Waals surface area (Å²) >= 11 is 0. The van der Waals surface area contributed by atoms with Crippen molar-refractivity contribution in [3.8, 4) is 0 Å². The molecule has 1 aromatic carbocycles. The molecule has 0 spiro atoms. The lowest BCUT2D eigenvalue weighted by molar-refractivity contribution is 0.0649. The summed E-state index contributed by atoms with van der Waals surface area (Å²) in [7, 11) is 0. The fourth-order valence-electron chi connectivity index (χ4n) is 3.70. The first-order valence-electron chi connectivity index (χ1n) is 12.8. The molecule has 0 radical (unpaired) electrons. The highest BCUT2D eigenvalue weighted by Gasteiger charge is 2.17. The van der Waals surface area contributed by atoms with Crippen LogP contribution in [0.25, 0.3) is 0 Å². The second-order valence-electron chi connectivity index (χ2n) is 8.70. The number of unbranched alkanes of at least 4 members (excludes halogenated alkanes) is 15. The van der Waals surface area contributed by atoms with Gasteiger partial charge in [0.25, 0.3) is 0 Å². The SMILES string of the molecule is CCCCCCCCCCCCCCCCCCO.O=C(O)c1ccc(C(=O)O)c(C(=O)O)c1. The van der Waals surface area contributed by atoms with Crippen molar-refractivity contribution in [2.45, 2.75) is 110 Å². The third-order valence-electron chi connectivity index (χ3n) is 5.74. The van der Waals surface area contributed by atoms with Crippen LogP contribution in [0.15, 0.2) is 18.2 Å². The first-order valence-corrected chi connectivity index (χ1v) is 12.8. The number of carbonyl (C=O) groups is 3. The molecule has 0 atom stereocenters. The topological polar surface area (TPSA) is 132 Å². The molecule has 4 N–H and O–H groups in total. The summed E-state index contributed by atoms with van der Waals surface area (Å²) in [6, 6.07) is 2.81. The van der Waals surface area contributed by atoms with Crippen molar-refractivity contribution >= 4 is 17.9 Å². The Morgan fingerprint density at radius 1 is 0.559 bits per heavy atom. The van der Waals surface area contributed by atoms with Gasteiger partial charge in [-0.05, 0) is 24.6 Å². The molecule has 0 unspecified atom stereocenters. The molecule has 194 valence electrons. The quantitative estimate of drug-likeness (QED) is 0.156. The number of carboxylic acid groups (broad SMARTS) is 3. The van der Waals surface area contributed by atoms with Crippen molar-refractivity contribution in [3.05, 3.63) is 34.9 Å². The molecular formula is C27H44O7. The Kier molecular flexibility index (Phi) is 19.6. The third-order valence-corrected chi connectivity index (χ3v) is 5.74. The van der Waals surface area contributed by atoms with Crippen LogP contribution in [-0.2, 0) is 0 Å². The van der Waals surface area contributed by atoms with Crippen LogP contribution in [0.4, 0.5) is 0 Å². The Balaban J connectivity index is 0.000000657. The Bertz CT molecular complexity index is 684. The number of rotatable bonds is 19. The second kappa shape index (κ2) is 21.1. The van der Waals surface area contributed by atoms with Gasteiger partial charge in [-0.3, -0.25) is 0 Å². The van der Waals surface area contributed by atoms with E-state index in [4.69, 9.17) is 20.4 Å². The molecule has 7 nitrogen and oxygen atoms in total. The predicted molar refractivity (Wildman–Crippen MR) is 134 cm³/mol. The number of hydrogen-bond acceptors (Lipinski definition) is 4. The molecule has 1 aromatic rings. The molecule has 0 amide bonds. The van der Waals surface area contributed by atoms with E-state index in [1.165, 1.54) is 96.3 Å². The molecule has 0 aliphatic rings. The molecule has 7 heteroatoms. The van der Waals surface area contributed by atoms with E-state index < -0.39 is 29.0 Å². The first kappa shape index (κ1) is 31.6. The van der Waals surface area contributed by atoms with Gasteiger partial charge in [0.2, 0.25) is 0 Å². The smallest absolute Gasteiger partial charge is 0.336 e. The molecule has 0 aliphatic heterocycles. The Labute approximate surface area is 204 Å². The lowest BCUT2D eigenvalue weighted by Crippen LogP contribution is -2.10. The fraction of sp³-hybridized carbons (Fsp3) is 0.667. The maximum Gasteiger partial charge on any atom is 0.336 e. The van der Waals surface area contributed by atoms with Gasteiger partial charge in [-0.2, -0.15) is 0 Å². The molecule has 0 saturated heterocycles. The molecular weight excluding hydrogens is 436 g/mol. The Hall–Kier alpha value is -2.41. The highest BCUT2D eigenvalue weighted by Crippen LogP contribution is 2.14. The molecule has 0 heterocycles. The summed E-state index contributed by atoms with van der Waals surface area (Å²) in [5, 5.41) is 34.5. The molecule has 0 saturated carbocycles. The Morgan fingerprint density at radius 2 is 0.941 bits per heavy atom. The number of aromatic carboxylic acids is 3. The predicted octanol–water partition coefficient (Wildman–Crippen LogP) is 7.02. The monoisotopic (exact) mass is 480 g/mol. The van der Waals surface area contributed by atoms with E-state index in [0.717, 1.165) is 24.6 Å². The van der Waals surface area contributed by atoms with Gasteiger partial charge in [-0.15, -0.1) is 0 Å². The van der Waals surface area contributed by atoms with Crippen molar-refractivity contribution in [1.82, 2.24) is 0 Å². The van der Waals surface area contributed by atoms with Crippen LogP contribution < -0.4 is 0 Å². The van der Waals surface area contributed by atoms with Crippen LogP contribution in [0.2, 0.25) is 0 Å². The molecule has 0 fully saturated rings. The van der Waals surface area contributed by atoms with Crippen LogP contribution in [0, 0.1) is 0 Å². The summed E-state index contributed by atoms with van der Waals surface area (Å²) in [5.74, 6) is -4.20. The molecule has 1 rings (SSSR count). The molecule has 34 heavy (non-hydrogen) atoms. The minimum Gasteiger partial charge on any atom is -0.478 e. The lowest BCUT2D eigenvalue weighted by Gasteiger charge is -2.03. The standard InChI is InChI=1S/C18H38O.C9H6O6/c1-2-3-4-5-6-7-8-9-10-11-12-13-14-15-16-17-18-19;10-7(11)4-1-2-5(8(12)13)6(3-4)9(14)15/h19H,2-18H2,1H3;1-3H,(H,10,11)(H,12,13)(H,14,15).